The lowest BCUT2D eigenvalue weighted by atomic mass is 9.68. The summed E-state index contributed by atoms with van der Waals surface area (Å²) in [5.41, 5.74) is 1.99. The van der Waals surface area contributed by atoms with Gasteiger partial charge in [-0.1, -0.05) is 44.1 Å². The molecule has 1 fully saturated rings. The summed E-state index contributed by atoms with van der Waals surface area (Å²) in [6.07, 6.45) is 2.45. The Morgan fingerprint density at radius 3 is 2.74 bits per heavy atom. The van der Waals surface area contributed by atoms with Crippen LogP contribution in [0, 0.1) is 17.8 Å². The summed E-state index contributed by atoms with van der Waals surface area (Å²) >= 11 is 11.8. The van der Waals surface area contributed by atoms with E-state index in [4.69, 9.17) is 23.8 Å². The van der Waals surface area contributed by atoms with Gasteiger partial charge in [0.2, 0.25) is 0 Å². The summed E-state index contributed by atoms with van der Waals surface area (Å²) in [7, 11) is 0. The molecule has 1 nitrogen and oxygen atoms in total. The van der Waals surface area contributed by atoms with Crippen molar-refractivity contribution in [3.63, 3.8) is 0 Å². The molecule has 19 heavy (non-hydrogen) atoms. The molecule has 0 aromatic heterocycles. The minimum atomic E-state index is -0.754. The highest BCUT2D eigenvalue weighted by Gasteiger charge is 2.42. The maximum Gasteiger partial charge on any atom is 0.110 e. The molecule has 0 bridgehead atoms. The van der Waals surface area contributed by atoms with Crippen molar-refractivity contribution < 1.29 is 4.39 Å². The first-order chi connectivity index (χ1) is 8.95. The van der Waals surface area contributed by atoms with E-state index >= 15 is 0 Å². The predicted molar refractivity (Wildman–Crippen MR) is 83.8 cm³/mol. The number of thiocarbonyl (C=S) groups is 1. The molecule has 0 aromatic rings. The zero-order chi connectivity index (χ0) is 14.2. The van der Waals surface area contributed by atoms with Crippen LogP contribution in [0.5, 0.6) is 0 Å². The van der Waals surface area contributed by atoms with Gasteiger partial charge >= 0.3 is 0 Å². The average molecular weight is 302 g/mol. The molecule has 0 radical (unpaired) electrons. The minimum Gasteiger partial charge on any atom is -0.247 e. The van der Waals surface area contributed by atoms with Gasteiger partial charge in [0, 0.05) is 16.5 Å². The fourth-order valence-electron chi connectivity index (χ4n) is 3.28. The molecule has 0 N–H and O–H groups in total. The molecule has 0 aromatic carbocycles. The van der Waals surface area contributed by atoms with E-state index in [9.17, 15) is 4.39 Å². The first kappa shape index (κ1) is 15.1. The smallest absolute Gasteiger partial charge is 0.110 e. The Balaban J connectivity index is 2.34. The summed E-state index contributed by atoms with van der Waals surface area (Å²) in [5.74, 6) is 0.358. The van der Waals surface area contributed by atoms with Crippen molar-refractivity contribution in [2.75, 3.05) is 0 Å². The molecule has 106 valence electrons. The third kappa shape index (κ3) is 2.92. The van der Waals surface area contributed by atoms with E-state index < -0.39 is 6.17 Å². The van der Waals surface area contributed by atoms with Crippen LogP contribution in [0.2, 0.25) is 0 Å². The number of hydrogen-bond donors (Lipinski definition) is 0. The van der Waals surface area contributed by atoms with Crippen molar-refractivity contribution in [2.24, 2.45) is 22.7 Å². The number of fused-ring (bicyclic) bond motifs is 1. The Labute approximate surface area is 125 Å². The highest BCUT2D eigenvalue weighted by atomic mass is 35.5. The largest absolute Gasteiger partial charge is 0.247 e. The lowest BCUT2D eigenvalue weighted by molar-refractivity contribution is 0.130. The zero-order valence-corrected chi connectivity index (χ0v) is 13.3. The average Bonchev–Trinajstić information content (AvgIpc) is 2.32. The minimum absolute atomic E-state index is 0.0598. The van der Waals surface area contributed by atoms with Crippen molar-refractivity contribution in [1.29, 1.82) is 0 Å². The van der Waals surface area contributed by atoms with E-state index in [0.717, 1.165) is 35.4 Å². The van der Waals surface area contributed by atoms with Gasteiger partial charge in [0.1, 0.15) is 11.3 Å². The first-order valence-electron chi connectivity index (χ1n) is 7.07. The Bertz CT molecular complexity index is 443. The van der Waals surface area contributed by atoms with Gasteiger partial charge in [0.05, 0.1) is 0 Å². The normalized spacial score (nSPS) is 34.9. The molecule has 3 unspecified atom stereocenters. The van der Waals surface area contributed by atoms with Crippen molar-refractivity contribution in [3.05, 3.63) is 11.3 Å². The second kappa shape index (κ2) is 6.01. The summed E-state index contributed by atoms with van der Waals surface area (Å²) in [4.78, 5) is 5.41. The number of nitrogens with zero attached hydrogens (tertiary/aromatic N) is 1. The SMILES string of the molecule is CCCC(=S)C1=C(C)N=C(Cl)[C@@H]2CC(C)C(F)CC12. The van der Waals surface area contributed by atoms with Gasteiger partial charge in [0.25, 0.3) is 0 Å². The zero-order valence-electron chi connectivity index (χ0n) is 11.7. The fraction of sp³-hybridized carbons (Fsp3) is 0.733. The molecule has 2 rings (SSSR count). The summed E-state index contributed by atoms with van der Waals surface area (Å²) in [6.45, 7) is 6.01. The monoisotopic (exact) mass is 301 g/mol. The molecule has 0 amide bonds. The third-order valence-electron chi connectivity index (χ3n) is 4.33. The molecule has 4 atom stereocenters. The van der Waals surface area contributed by atoms with Gasteiger partial charge < -0.3 is 0 Å². The lowest BCUT2D eigenvalue weighted by Crippen LogP contribution is -2.39. The quantitative estimate of drug-likeness (QED) is 0.662. The Hall–Kier alpha value is -0.280. The highest BCUT2D eigenvalue weighted by Crippen LogP contribution is 2.45. The number of aliphatic imine (C=N–C) groups is 1. The molecule has 1 heterocycles. The number of allylic oxidation sites excluding steroid dienone is 2. The molecule has 1 saturated carbocycles. The Morgan fingerprint density at radius 1 is 1.42 bits per heavy atom. The van der Waals surface area contributed by atoms with E-state index in [1.165, 1.54) is 0 Å². The van der Waals surface area contributed by atoms with E-state index in [0.29, 0.717) is 11.6 Å². The molecule has 0 saturated heterocycles. The molecule has 1 aliphatic heterocycles. The molecule has 1 aliphatic carbocycles. The first-order valence-corrected chi connectivity index (χ1v) is 7.86. The van der Waals surface area contributed by atoms with Gasteiger partial charge in [-0.25, -0.2) is 9.38 Å². The number of alkyl halides is 1. The van der Waals surface area contributed by atoms with Gasteiger partial charge in [-0.2, -0.15) is 0 Å². The highest BCUT2D eigenvalue weighted by molar-refractivity contribution is 7.80. The number of rotatable bonds is 3. The van der Waals surface area contributed by atoms with Gasteiger partial charge in [0.15, 0.2) is 0 Å². The van der Waals surface area contributed by atoms with Crippen LogP contribution in [0.4, 0.5) is 4.39 Å². The van der Waals surface area contributed by atoms with Crippen LogP contribution in [0.1, 0.15) is 46.5 Å². The van der Waals surface area contributed by atoms with Crippen LogP contribution in [0.15, 0.2) is 16.3 Å². The van der Waals surface area contributed by atoms with Crippen molar-refractivity contribution >= 4 is 33.9 Å². The molecular formula is C15H21ClFNS. The maximum atomic E-state index is 14.1. The van der Waals surface area contributed by atoms with E-state index in [1.807, 2.05) is 13.8 Å². The lowest BCUT2D eigenvalue weighted by Gasteiger charge is -2.40. The van der Waals surface area contributed by atoms with Crippen LogP contribution in [-0.2, 0) is 0 Å². The van der Waals surface area contributed by atoms with Crippen LogP contribution in [-0.4, -0.2) is 16.2 Å². The maximum absolute atomic E-state index is 14.1. The summed E-state index contributed by atoms with van der Waals surface area (Å²) in [5, 5.41) is 0.643. The fourth-order valence-corrected chi connectivity index (χ4v) is 4.15. The second-order valence-corrected chi connectivity index (χ2v) is 6.66. The van der Waals surface area contributed by atoms with Gasteiger partial charge in [-0.15, -0.1) is 0 Å². The molecule has 2 aliphatic rings. The van der Waals surface area contributed by atoms with E-state index in [-0.39, 0.29) is 17.8 Å². The molecule has 0 spiro atoms. The Kier molecular flexibility index (Phi) is 4.78. The van der Waals surface area contributed by atoms with Crippen molar-refractivity contribution in [3.8, 4) is 0 Å². The van der Waals surface area contributed by atoms with Crippen LogP contribution >= 0.6 is 23.8 Å². The predicted octanol–water partition coefficient (Wildman–Crippen LogP) is 5.08. The third-order valence-corrected chi connectivity index (χ3v) is 5.12. The standard InChI is InChI=1S/C15H21ClFNS/c1-4-5-13(19)14-9(3)18-15(16)11-6-8(2)12(17)7-10(11)14/h8,10-12H,4-7H2,1-3H3/t8?,10?,11-,12?/m1/s1. The summed E-state index contributed by atoms with van der Waals surface area (Å²) in [6, 6.07) is 0. The van der Waals surface area contributed by atoms with E-state index in [1.54, 1.807) is 0 Å². The van der Waals surface area contributed by atoms with Crippen LogP contribution in [0.3, 0.4) is 0 Å². The number of hydrogen-bond acceptors (Lipinski definition) is 2. The second-order valence-electron chi connectivity index (χ2n) is 5.78. The molecular weight excluding hydrogens is 281 g/mol. The van der Waals surface area contributed by atoms with Crippen LogP contribution in [0.25, 0.3) is 0 Å². The van der Waals surface area contributed by atoms with Crippen molar-refractivity contribution in [1.82, 2.24) is 0 Å². The van der Waals surface area contributed by atoms with E-state index in [2.05, 4.69) is 11.9 Å². The van der Waals surface area contributed by atoms with Gasteiger partial charge in [-0.05, 0) is 43.6 Å². The molecule has 4 heteroatoms. The Morgan fingerprint density at radius 2 is 2.11 bits per heavy atom. The number of halogens is 2. The van der Waals surface area contributed by atoms with Gasteiger partial charge in [-0.3, -0.25) is 0 Å². The van der Waals surface area contributed by atoms with Crippen LogP contribution < -0.4 is 0 Å². The topological polar surface area (TPSA) is 12.4 Å². The van der Waals surface area contributed by atoms with Crippen molar-refractivity contribution in [2.45, 2.75) is 52.6 Å². The summed E-state index contributed by atoms with van der Waals surface area (Å²) < 4.78 is 14.1.